The molecule has 1 unspecified atom stereocenters. The molecule has 1 heterocycles. The number of hydrogen-bond donors (Lipinski definition) is 0. The van der Waals surface area contributed by atoms with Crippen molar-refractivity contribution in [3.05, 3.63) is 36.4 Å². The second kappa shape index (κ2) is 8.94. The second-order valence-electron chi connectivity index (χ2n) is 6.26. The minimum Gasteiger partial charge on any atom is -0.493 e. The van der Waals surface area contributed by atoms with Crippen LogP contribution in [0.4, 0.5) is 0 Å². The van der Waals surface area contributed by atoms with Crippen LogP contribution in [0.5, 0.6) is 11.5 Å². The van der Waals surface area contributed by atoms with E-state index in [1.807, 2.05) is 12.1 Å². The molecule has 0 bridgehead atoms. The van der Waals surface area contributed by atoms with E-state index in [9.17, 15) is 0 Å². The molecule has 2 rings (SSSR count). The standard InChI is InChI=1S/C19H30N2O2/c1-5-11-21-12-6-7-17(15-21)20(2)13-10-16-8-9-18(22-3)19(14-16)23-4/h5,8-9,14,17H,1,6-7,10-13,15H2,2-4H3. The van der Waals surface area contributed by atoms with E-state index in [2.05, 4.69) is 35.6 Å². The summed E-state index contributed by atoms with van der Waals surface area (Å²) in [7, 11) is 5.59. The van der Waals surface area contributed by atoms with Crippen molar-refractivity contribution < 1.29 is 9.47 Å². The van der Waals surface area contributed by atoms with Gasteiger partial charge >= 0.3 is 0 Å². The summed E-state index contributed by atoms with van der Waals surface area (Å²) in [6.07, 6.45) is 5.59. The molecule has 4 heteroatoms. The van der Waals surface area contributed by atoms with Crippen molar-refractivity contribution in [3.8, 4) is 11.5 Å². The molecule has 1 aliphatic heterocycles. The molecule has 0 radical (unpaired) electrons. The average molecular weight is 318 g/mol. The summed E-state index contributed by atoms with van der Waals surface area (Å²) in [6, 6.07) is 6.84. The first-order valence-corrected chi connectivity index (χ1v) is 8.42. The van der Waals surface area contributed by atoms with Gasteiger partial charge in [-0.05, 0) is 50.6 Å². The number of likely N-dealkylation sites (tertiary alicyclic amines) is 1. The normalized spacial score (nSPS) is 18.9. The maximum absolute atomic E-state index is 5.39. The zero-order valence-corrected chi connectivity index (χ0v) is 14.8. The third-order valence-corrected chi connectivity index (χ3v) is 4.69. The lowest BCUT2D eigenvalue weighted by Gasteiger charge is -2.37. The molecule has 1 fully saturated rings. The number of rotatable bonds is 8. The van der Waals surface area contributed by atoms with Crippen molar-refractivity contribution in [3.63, 3.8) is 0 Å². The molecule has 0 amide bonds. The lowest BCUT2D eigenvalue weighted by molar-refractivity contribution is 0.126. The maximum Gasteiger partial charge on any atom is 0.160 e. The first-order valence-electron chi connectivity index (χ1n) is 8.42. The van der Waals surface area contributed by atoms with Gasteiger partial charge in [-0.25, -0.2) is 0 Å². The maximum atomic E-state index is 5.39. The van der Waals surface area contributed by atoms with Gasteiger partial charge < -0.3 is 14.4 Å². The molecule has 0 aromatic heterocycles. The number of methoxy groups -OCH3 is 2. The van der Waals surface area contributed by atoms with E-state index in [0.29, 0.717) is 6.04 Å². The Kier molecular flexibility index (Phi) is 6.93. The van der Waals surface area contributed by atoms with E-state index in [-0.39, 0.29) is 0 Å². The van der Waals surface area contributed by atoms with Crippen LogP contribution in [0.1, 0.15) is 18.4 Å². The van der Waals surface area contributed by atoms with Gasteiger partial charge in [0.2, 0.25) is 0 Å². The van der Waals surface area contributed by atoms with Gasteiger partial charge in [-0.1, -0.05) is 12.1 Å². The molecule has 0 spiro atoms. The average Bonchev–Trinajstić information content (AvgIpc) is 2.59. The molecule has 1 aromatic carbocycles. The Morgan fingerprint density at radius 3 is 2.78 bits per heavy atom. The molecule has 23 heavy (non-hydrogen) atoms. The first-order chi connectivity index (χ1) is 11.2. The van der Waals surface area contributed by atoms with Crippen LogP contribution in [0, 0.1) is 0 Å². The lowest BCUT2D eigenvalue weighted by atomic mass is 10.0. The smallest absolute Gasteiger partial charge is 0.160 e. The molecule has 1 saturated heterocycles. The van der Waals surface area contributed by atoms with Gasteiger partial charge in [0, 0.05) is 25.7 Å². The van der Waals surface area contributed by atoms with Gasteiger partial charge in [-0.15, -0.1) is 6.58 Å². The highest BCUT2D eigenvalue weighted by Gasteiger charge is 2.22. The summed E-state index contributed by atoms with van der Waals surface area (Å²) in [6.45, 7) is 8.26. The van der Waals surface area contributed by atoms with Crippen LogP contribution in [0.25, 0.3) is 0 Å². The third-order valence-electron chi connectivity index (χ3n) is 4.69. The number of benzene rings is 1. The predicted molar refractivity (Wildman–Crippen MR) is 95.5 cm³/mol. The molecule has 0 aliphatic carbocycles. The van der Waals surface area contributed by atoms with Crippen molar-refractivity contribution >= 4 is 0 Å². The fourth-order valence-electron chi connectivity index (χ4n) is 3.26. The fraction of sp³-hybridized carbons (Fsp3) is 0.579. The first kappa shape index (κ1) is 17.8. The summed E-state index contributed by atoms with van der Waals surface area (Å²) in [5, 5.41) is 0. The molecule has 0 N–H and O–H groups in total. The molecule has 1 aromatic rings. The predicted octanol–water partition coefficient (Wildman–Crippen LogP) is 2.83. The van der Waals surface area contributed by atoms with Crippen molar-refractivity contribution in [1.82, 2.24) is 9.80 Å². The van der Waals surface area contributed by atoms with E-state index >= 15 is 0 Å². The molecule has 4 nitrogen and oxygen atoms in total. The molecule has 0 saturated carbocycles. The number of piperidine rings is 1. The second-order valence-corrected chi connectivity index (χ2v) is 6.26. The molecule has 1 aliphatic rings. The highest BCUT2D eigenvalue weighted by Crippen LogP contribution is 2.27. The Morgan fingerprint density at radius 1 is 1.30 bits per heavy atom. The number of hydrogen-bond acceptors (Lipinski definition) is 4. The topological polar surface area (TPSA) is 24.9 Å². The fourth-order valence-corrected chi connectivity index (χ4v) is 3.26. The van der Waals surface area contributed by atoms with E-state index in [0.717, 1.165) is 37.6 Å². The van der Waals surface area contributed by atoms with Gasteiger partial charge in [0.25, 0.3) is 0 Å². The molecular formula is C19H30N2O2. The van der Waals surface area contributed by atoms with Crippen molar-refractivity contribution in [1.29, 1.82) is 0 Å². The van der Waals surface area contributed by atoms with Gasteiger partial charge in [-0.2, -0.15) is 0 Å². The van der Waals surface area contributed by atoms with E-state index in [4.69, 9.17) is 9.47 Å². The van der Waals surface area contributed by atoms with Crippen LogP contribution in [0.2, 0.25) is 0 Å². The van der Waals surface area contributed by atoms with Crippen LogP contribution in [0.15, 0.2) is 30.9 Å². The van der Waals surface area contributed by atoms with Crippen LogP contribution in [-0.4, -0.2) is 63.3 Å². The largest absolute Gasteiger partial charge is 0.493 e. The SMILES string of the molecule is C=CCN1CCCC(N(C)CCc2ccc(OC)c(OC)c2)C1. The minimum atomic E-state index is 0.642. The highest BCUT2D eigenvalue weighted by molar-refractivity contribution is 5.42. The third kappa shape index (κ3) is 4.98. The van der Waals surface area contributed by atoms with E-state index in [1.165, 1.54) is 24.9 Å². The highest BCUT2D eigenvalue weighted by atomic mass is 16.5. The van der Waals surface area contributed by atoms with Gasteiger partial charge in [0.15, 0.2) is 11.5 Å². The van der Waals surface area contributed by atoms with E-state index in [1.54, 1.807) is 14.2 Å². The van der Waals surface area contributed by atoms with Gasteiger partial charge in [-0.3, -0.25) is 4.90 Å². The monoisotopic (exact) mass is 318 g/mol. The molecule has 1 atom stereocenters. The summed E-state index contributed by atoms with van der Waals surface area (Å²) < 4.78 is 10.7. The van der Waals surface area contributed by atoms with Crippen molar-refractivity contribution in [2.24, 2.45) is 0 Å². The van der Waals surface area contributed by atoms with E-state index < -0.39 is 0 Å². The Balaban J connectivity index is 1.88. The number of ether oxygens (including phenoxy) is 2. The summed E-state index contributed by atoms with van der Waals surface area (Å²) in [5.41, 5.74) is 1.29. The zero-order chi connectivity index (χ0) is 16.7. The molecule has 128 valence electrons. The van der Waals surface area contributed by atoms with Crippen LogP contribution in [-0.2, 0) is 6.42 Å². The van der Waals surface area contributed by atoms with Crippen molar-refractivity contribution in [2.45, 2.75) is 25.3 Å². The Morgan fingerprint density at radius 2 is 2.09 bits per heavy atom. The number of nitrogens with zero attached hydrogens (tertiary/aromatic N) is 2. The minimum absolute atomic E-state index is 0.642. The summed E-state index contributed by atoms with van der Waals surface area (Å²) in [5.74, 6) is 1.60. The molecular weight excluding hydrogens is 288 g/mol. The quantitative estimate of drug-likeness (QED) is 0.688. The summed E-state index contributed by atoms with van der Waals surface area (Å²) >= 11 is 0. The number of likely N-dealkylation sites (N-methyl/N-ethyl adjacent to an activating group) is 1. The Hall–Kier alpha value is -1.52. The van der Waals surface area contributed by atoms with Gasteiger partial charge in [0.05, 0.1) is 14.2 Å². The van der Waals surface area contributed by atoms with Crippen LogP contribution in [0.3, 0.4) is 0 Å². The van der Waals surface area contributed by atoms with Crippen LogP contribution < -0.4 is 9.47 Å². The van der Waals surface area contributed by atoms with Gasteiger partial charge in [0.1, 0.15) is 0 Å². The summed E-state index contributed by atoms with van der Waals surface area (Å²) in [4.78, 5) is 4.99. The van der Waals surface area contributed by atoms with Crippen molar-refractivity contribution in [2.75, 3.05) is 47.4 Å². The lowest BCUT2D eigenvalue weighted by Crippen LogP contribution is -2.46. The zero-order valence-electron chi connectivity index (χ0n) is 14.8. The van der Waals surface area contributed by atoms with Crippen LogP contribution >= 0.6 is 0 Å². The Labute approximate surface area is 140 Å². The Bertz CT molecular complexity index is 504.